The van der Waals surface area contributed by atoms with Gasteiger partial charge in [-0.15, -0.1) is 0 Å². The smallest absolute Gasteiger partial charge is 0.264 e. The van der Waals surface area contributed by atoms with E-state index in [0.29, 0.717) is 12.2 Å². The summed E-state index contributed by atoms with van der Waals surface area (Å²) in [5, 5.41) is 6.65. The first-order valence-electron chi connectivity index (χ1n) is 8.80. The Balaban J connectivity index is 1.99. The van der Waals surface area contributed by atoms with Crippen molar-refractivity contribution < 1.29 is 17.7 Å². The van der Waals surface area contributed by atoms with Gasteiger partial charge >= 0.3 is 0 Å². The van der Waals surface area contributed by atoms with Gasteiger partial charge in [0.2, 0.25) is 0 Å². The van der Waals surface area contributed by atoms with Crippen LogP contribution in [0.2, 0.25) is 0 Å². The molecule has 0 radical (unpaired) electrons. The molecule has 1 aromatic carbocycles. The summed E-state index contributed by atoms with van der Waals surface area (Å²) in [6.45, 7) is 2.46. The Morgan fingerprint density at radius 1 is 1.11 bits per heavy atom. The van der Waals surface area contributed by atoms with Crippen LogP contribution in [0.4, 0.5) is 5.88 Å². The van der Waals surface area contributed by atoms with Crippen LogP contribution >= 0.6 is 0 Å². The molecule has 0 saturated heterocycles. The molecule has 9 heteroatoms. The number of anilines is 1. The van der Waals surface area contributed by atoms with Crippen LogP contribution in [0.1, 0.15) is 30.1 Å². The normalized spacial score (nSPS) is 11.2. The van der Waals surface area contributed by atoms with Crippen LogP contribution in [0.3, 0.4) is 0 Å². The van der Waals surface area contributed by atoms with Crippen LogP contribution in [-0.4, -0.2) is 31.0 Å². The Hall–Kier alpha value is -3.20. The molecule has 0 unspecified atom stereocenters. The molecule has 0 bridgehead atoms. The lowest BCUT2D eigenvalue weighted by Crippen LogP contribution is -2.26. The third-order valence-electron chi connectivity index (χ3n) is 3.92. The number of nitrogens with zero attached hydrogens (tertiary/aromatic N) is 2. The number of hydrogen-bond donors (Lipinski definition) is 2. The largest absolute Gasteiger partial charge is 0.352 e. The minimum Gasteiger partial charge on any atom is -0.352 e. The van der Waals surface area contributed by atoms with E-state index in [1.807, 2.05) is 6.92 Å². The number of carbonyl (C=O) groups is 1. The maximum Gasteiger partial charge on any atom is 0.264 e. The third-order valence-corrected chi connectivity index (χ3v) is 5.27. The van der Waals surface area contributed by atoms with Crippen molar-refractivity contribution >= 4 is 21.8 Å². The van der Waals surface area contributed by atoms with E-state index >= 15 is 0 Å². The second-order valence-electron chi connectivity index (χ2n) is 5.98. The molecular weight excluding hydrogens is 380 g/mol. The number of hydrogen-bond acceptors (Lipinski definition) is 6. The fraction of sp³-hybridized carbons (Fsp3) is 0.211. The standard InChI is InChI=1S/C19H20N4O4S/c1-2-3-12-21-18(24)16-17(15-11-7-8-13-20-15)22-27-19(16)23-28(25,26)14-9-5-4-6-10-14/h4-11,13,23H,2-3,12H2,1H3,(H,21,24). The van der Waals surface area contributed by atoms with Crippen molar-refractivity contribution in [1.29, 1.82) is 0 Å². The molecule has 0 atom stereocenters. The number of carbonyl (C=O) groups excluding carboxylic acids is 1. The third kappa shape index (κ3) is 4.37. The lowest BCUT2D eigenvalue weighted by atomic mass is 10.1. The lowest BCUT2D eigenvalue weighted by molar-refractivity contribution is 0.0954. The van der Waals surface area contributed by atoms with Crippen molar-refractivity contribution in [3.05, 3.63) is 60.3 Å². The second-order valence-corrected chi connectivity index (χ2v) is 7.66. The molecule has 2 heterocycles. The van der Waals surface area contributed by atoms with Gasteiger partial charge in [-0.2, -0.15) is 0 Å². The highest BCUT2D eigenvalue weighted by Gasteiger charge is 2.28. The molecule has 3 rings (SSSR count). The maximum atomic E-state index is 12.7. The van der Waals surface area contributed by atoms with Crippen LogP contribution in [0.5, 0.6) is 0 Å². The van der Waals surface area contributed by atoms with Crippen LogP contribution in [0.25, 0.3) is 11.4 Å². The Morgan fingerprint density at radius 3 is 2.54 bits per heavy atom. The number of sulfonamides is 1. The average molecular weight is 400 g/mol. The minimum absolute atomic E-state index is 0.00527. The topological polar surface area (TPSA) is 114 Å². The monoisotopic (exact) mass is 400 g/mol. The molecule has 2 N–H and O–H groups in total. The predicted molar refractivity (Wildman–Crippen MR) is 104 cm³/mol. The minimum atomic E-state index is -3.95. The Kier molecular flexibility index (Phi) is 6.05. The molecule has 0 aliphatic carbocycles. The number of benzene rings is 1. The second kappa shape index (κ2) is 8.66. The molecule has 8 nitrogen and oxygen atoms in total. The Morgan fingerprint density at radius 2 is 1.86 bits per heavy atom. The quantitative estimate of drug-likeness (QED) is 0.562. The van der Waals surface area contributed by atoms with Crippen molar-refractivity contribution in [3.8, 4) is 11.4 Å². The van der Waals surface area contributed by atoms with E-state index in [-0.39, 0.29) is 22.0 Å². The van der Waals surface area contributed by atoms with Gasteiger partial charge < -0.3 is 9.84 Å². The van der Waals surface area contributed by atoms with Gasteiger partial charge in [-0.25, -0.2) is 13.1 Å². The van der Waals surface area contributed by atoms with Gasteiger partial charge in [-0.3, -0.25) is 9.78 Å². The van der Waals surface area contributed by atoms with Gasteiger partial charge in [0.05, 0.1) is 10.6 Å². The van der Waals surface area contributed by atoms with E-state index in [2.05, 4.69) is 20.2 Å². The molecule has 146 valence electrons. The molecule has 28 heavy (non-hydrogen) atoms. The van der Waals surface area contributed by atoms with Gasteiger partial charge in [0, 0.05) is 12.7 Å². The van der Waals surface area contributed by atoms with Crippen molar-refractivity contribution in [3.63, 3.8) is 0 Å². The summed E-state index contributed by atoms with van der Waals surface area (Å²) in [6, 6.07) is 12.9. The fourth-order valence-electron chi connectivity index (χ4n) is 2.50. The van der Waals surface area contributed by atoms with Gasteiger partial charge in [0.1, 0.15) is 11.3 Å². The van der Waals surface area contributed by atoms with Crippen molar-refractivity contribution in [1.82, 2.24) is 15.5 Å². The zero-order chi connectivity index (χ0) is 20.0. The van der Waals surface area contributed by atoms with Gasteiger partial charge in [-0.05, 0) is 30.7 Å². The molecule has 0 spiro atoms. The van der Waals surface area contributed by atoms with Gasteiger partial charge in [-0.1, -0.05) is 42.8 Å². The predicted octanol–water partition coefficient (Wildman–Crippen LogP) is 3.07. The Labute approximate surface area is 163 Å². The molecule has 0 aliphatic rings. The molecule has 1 amide bonds. The summed E-state index contributed by atoms with van der Waals surface area (Å²) in [5.74, 6) is -0.736. The van der Waals surface area contributed by atoms with Gasteiger partial charge in [0.25, 0.3) is 21.8 Å². The number of pyridine rings is 1. The first kappa shape index (κ1) is 19.6. The molecular formula is C19H20N4O4S. The number of amides is 1. The maximum absolute atomic E-state index is 12.7. The van der Waals surface area contributed by atoms with Crippen LogP contribution < -0.4 is 10.0 Å². The summed E-state index contributed by atoms with van der Waals surface area (Å²) in [4.78, 5) is 17.0. The van der Waals surface area contributed by atoms with E-state index in [4.69, 9.17) is 4.52 Å². The zero-order valence-corrected chi connectivity index (χ0v) is 16.1. The Bertz CT molecular complexity index is 1030. The summed E-state index contributed by atoms with van der Waals surface area (Å²) in [7, 11) is -3.95. The van der Waals surface area contributed by atoms with E-state index in [9.17, 15) is 13.2 Å². The first-order chi connectivity index (χ1) is 13.5. The van der Waals surface area contributed by atoms with E-state index < -0.39 is 15.9 Å². The zero-order valence-electron chi connectivity index (χ0n) is 15.3. The van der Waals surface area contributed by atoms with Crippen LogP contribution in [0, 0.1) is 0 Å². The SMILES string of the molecule is CCCCNC(=O)c1c(-c2ccccn2)noc1NS(=O)(=O)c1ccccc1. The summed E-state index contributed by atoms with van der Waals surface area (Å²) < 4.78 is 32.8. The van der Waals surface area contributed by atoms with Crippen molar-refractivity contribution in [2.45, 2.75) is 24.7 Å². The molecule has 0 fully saturated rings. The lowest BCUT2D eigenvalue weighted by Gasteiger charge is -2.08. The summed E-state index contributed by atoms with van der Waals surface area (Å²) >= 11 is 0. The highest BCUT2D eigenvalue weighted by atomic mass is 32.2. The van der Waals surface area contributed by atoms with E-state index in [1.54, 1.807) is 42.6 Å². The van der Waals surface area contributed by atoms with E-state index in [1.165, 1.54) is 12.1 Å². The van der Waals surface area contributed by atoms with Crippen LogP contribution in [-0.2, 0) is 10.0 Å². The number of aromatic nitrogens is 2. The molecule has 0 aliphatic heterocycles. The van der Waals surface area contributed by atoms with Crippen molar-refractivity contribution in [2.24, 2.45) is 0 Å². The number of rotatable bonds is 8. The van der Waals surface area contributed by atoms with Gasteiger partial charge in [0.15, 0.2) is 0 Å². The number of unbranched alkanes of at least 4 members (excludes halogenated alkanes) is 1. The highest BCUT2D eigenvalue weighted by molar-refractivity contribution is 7.92. The van der Waals surface area contributed by atoms with E-state index in [0.717, 1.165) is 12.8 Å². The summed E-state index contributed by atoms with van der Waals surface area (Å²) in [6.07, 6.45) is 3.25. The number of nitrogens with one attached hydrogen (secondary N) is 2. The van der Waals surface area contributed by atoms with Crippen LogP contribution in [0.15, 0.2) is 64.1 Å². The van der Waals surface area contributed by atoms with Crippen molar-refractivity contribution in [2.75, 3.05) is 11.3 Å². The molecule has 2 aromatic heterocycles. The fourth-order valence-corrected chi connectivity index (χ4v) is 3.51. The summed E-state index contributed by atoms with van der Waals surface area (Å²) in [5.41, 5.74) is 0.562. The molecule has 0 saturated carbocycles. The average Bonchev–Trinajstić information content (AvgIpc) is 3.12. The first-order valence-corrected chi connectivity index (χ1v) is 10.3. The highest BCUT2D eigenvalue weighted by Crippen LogP contribution is 2.29. The molecule has 3 aromatic rings.